The van der Waals surface area contributed by atoms with E-state index >= 15 is 0 Å². The summed E-state index contributed by atoms with van der Waals surface area (Å²) in [4.78, 5) is 14.4. The van der Waals surface area contributed by atoms with Gasteiger partial charge >= 0.3 is 0 Å². The first-order valence-corrected chi connectivity index (χ1v) is 8.78. The van der Waals surface area contributed by atoms with E-state index in [4.69, 9.17) is 4.74 Å². The number of nitrogens with one attached hydrogen (secondary N) is 1. The molecule has 0 spiro atoms. The Balaban J connectivity index is 1.61. The Morgan fingerprint density at radius 2 is 1.92 bits per heavy atom. The van der Waals surface area contributed by atoms with E-state index in [9.17, 15) is 9.18 Å². The van der Waals surface area contributed by atoms with Gasteiger partial charge in [-0.3, -0.25) is 4.79 Å². The molecule has 1 heterocycles. The highest BCUT2D eigenvalue weighted by Crippen LogP contribution is 2.21. The number of nitrogens with zero attached hydrogens (tertiary/aromatic N) is 1. The number of amides is 1. The molecule has 1 N–H and O–H groups in total. The van der Waals surface area contributed by atoms with Gasteiger partial charge in [-0.25, -0.2) is 4.39 Å². The molecular formula is C21H23FN2O2. The monoisotopic (exact) mass is 354 g/mol. The average molecular weight is 354 g/mol. The van der Waals surface area contributed by atoms with Crippen LogP contribution in [0, 0.1) is 5.82 Å². The maximum atomic E-state index is 12.9. The van der Waals surface area contributed by atoms with Crippen molar-refractivity contribution in [2.75, 3.05) is 31.2 Å². The van der Waals surface area contributed by atoms with Gasteiger partial charge in [-0.1, -0.05) is 24.3 Å². The van der Waals surface area contributed by atoms with Crippen molar-refractivity contribution in [1.29, 1.82) is 0 Å². The molecule has 2 aromatic rings. The Kier molecular flexibility index (Phi) is 6.02. The lowest BCUT2D eigenvalue weighted by Gasteiger charge is -2.29. The van der Waals surface area contributed by atoms with Crippen LogP contribution in [0.2, 0.25) is 0 Å². The van der Waals surface area contributed by atoms with Gasteiger partial charge in [-0.15, -0.1) is 0 Å². The third-order valence-electron chi connectivity index (χ3n) is 4.40. The van der Waals surface area contributed by atoms with Gasteiger partial charge in [0.25, 0.3) is 0 Å². The van der Waals surface area contributed by atoms with E-state index in [1.807, 2.05) is 19.1 Å². The highest BCUT2D eigenvalue weighted by Gasteiger charge is 2.13. The number of anilines is 1. The molecule has 136 valence electrons. The lowest BCUT2D eigenvalue weighted by atomic mass is 10.1. The molecule has 1 saturated heterocycles. The molecule has 0 saturated carbocycles. The van der Waals surface area contributed by atoms with E-state index in [1.165, 1.54) is 18.2 Å². The van der Waals surface area contributed by atoms with Crippen LogP contribution in [0.3, 0.4) is 0 Å². The van der Waals surface area contributed by atoms with Gasteiger partial charge in [0, 0.05) is 24.9 Å². The molecule has 0 bridgehead atoms. The first-order chi connectivity index (χ1) is 12.6. The number of hydrogen-bond donors (Lipinski definition) is 1. The molecule has 1 atom stereocenters. The summed E-state index contributed by atoms with van der Waals surface area (Å²) < 4.78 is 18.3. The number of hydrogen-bond acceptors (Lipinski definition) is 3. The average Bonchev–Trinajstić information content (AvgIpc) is 2.68. The van der Waals surface area contributed by atoms with Crippen LogP contribution in [0.4, 0.5) is 10.1 Å². The van der Waals surface area contributed by atoms with E-state index in [0.29, 0.717) is 0 Å². The number of rotatable bonds is 5. The van der Waals surface area contributed by atoms with Crippen molar-refractivity contribution in [3.8, 4) is 0 Å². The molecule has 1 aliphatic rings. The molecule has 26 heavy (non-hydrogen) atoms. The molecule has 0 unspecified atom stereocenters. The van der Waals surface area contributed by atoms with Gasteiger partial charge in [0.1, 0.15) is 5.82 Å². The molecule has 2 aromatic carbocycles. The molecule has 0 aliphatic carbocycles. The van der Waals surface area contributed by atoms with E-state index in [2.05, 4.69) is 22.3 Å². The minimum atomic E-state index is -0.291. The fourth-order valence-electron chi connectivity index (χ4n) is 2.90. The van der Waals surface area contributed by atoms with Crippen LogP contribution in [-0.2, 0) is 9.53 Å². The van der Waals surface area contributed by atoms with Gasteiger partial charge in [-0.05, 0) is 48.4 Å². The highest BCUT2D eigenvalue weighted by molar-refractivity contribution is 5.92. The third kappa shape index (κ3) is 4.92. The molecule has 3 rings (SSSR count). The summed E-state index contributed by atoms with van der Waals surface area (Å²) in [5, 5.41) is 2.96. The van der Waals surface area contributed by atoms with Crippen LogP contribution in [0.1, 0.15) is 24.1 Å². The van der Waals surface area contributed by atoms with Gasteiger partial charge in [0.15, 0.2) is 0 Å². The van der Waals surface area contributed by atoms with Gasteiger partial charge in [-0.2, -0.15) is 0 Å². The molecule has 1 fully saturated rings. The molecule has 1 amide bonds. The predicted molar refractivity (Wildman–Crippen MR) is 101 cm³/mol. The number of morpholine rings is 1. The van der Waals surface area contributed by atoms with Crippen molar-refractivity contribution >= 4 is 17.7 Å². The van der Waals surface area contributed by atoms with Gasteiger partial charge in [0.05, 0.1) is 19.3 Å². The number of halogens is 1. The van der Waals surface area contributed by atoms with E-state index in [0.717, 1.165) is 43.1 Å². The van der Waals surface area contributed by atoms with Crippen molar-refractivity contribution in [1.82, 2.24) is 5.32 Å². The third-order valence-corrected chi connectivity index (χ3v) is 4.40. The SMILES string of the molecule is C[C@H](NC(=O)/C=C/c1ccc(F)cc1)c1cccc(N2CCOCC2)c1. The number of ether oxygens (including phenoxy) is 1. The van der Waals surface area contributed by atoms with Crippen molar-refractivity contribution in [2.24, 2.45) is 0 Å². The molecular weight excluding hydrogens is 331 g/mol. The summed E-state index contributed by atoms with van der Waals surface area (Å²) >= 11 is 0. The van der Waals surface area contributed by atoms with Crippen LogP contribution in [0.15, 0.2) is 54.6 Å². The second kappa shape index (κ2) is 8.63. The van der Waals surface area contributed by atoms with E-state index < -0.39 is 0 Å². The lowest BCUT2D eigenvalue weighted by Crippen LogP contribution is -2.36. The molecule has 0 aromatic heterocycles. The largest absolute Gasteiger partial charge is 0.378 e. The Labute approximate surface area is 153 Å². The fraction of sp³-hybridized carbons (Fsp3) is 0.286. The van der Waals surface area contributed by atoms with Crippen molar-refractivity contribution in [3.63, 3.8) is 0 Å². The Morgan fingerprint density at radius 3 is 2.65 bits per heavy atom. The van der Waals surface area contributed by atoms with E-state index in [1.54, 1.807) is 18.2 Å². The topological polar surface area (TPSA) is 41.6 Å². The second-order valence-electron chi connectivity index (χ2n) is 6.31. The Bertz CT molecular complexity index is 768. The lowest BCUT2D eigenvalue weighted by molar-refractivity contribution is -0.117. The molecule has 5 heteroatoms. The van der Waals surface area contributed by atoms with Crippen molar-refractivity contribution in [2.45, 2.75) is 13.0 Å². The summed E-state index contributed by atoms with van der Waals surface area (Å²) in [7, 11) is 0. The quantitative estimate of drug-likeness (QED) is 0.835. The Hall–Kier alpha value is -2.66. The number of benzene rings is 2. The first kappa shape index (κ1) is 18.1. The second-order valence-corrected chi connectivity index (χ2v) is 6.31. The maximum absolute atomic E-state index is 12.9. The summed E-state index contributed by atoms with van der Waals surface area (Å²) in [6, 6.07) is 14.1. The van der Waals surface area contributed by atoms with Crippen LogP contribution in [0.25, 0.3) is 6.08 Å². The zero-order chi connectivity index (χ0) is 18.4. The fourth-order valence-corrected chi connectivity index (χ4v) is 2.90. The zero-order valence-corrected chi connectivity index (χ0v) is 14.8. The Morgan fingerprint density at radius 1 is 1.19 bits per heavy atom. The minimum Gasteiger partial charge on any atom is -0.378 e. The summed E-state index contributed by atoms with van der Waals surface area (Å²) in [6.45, 7) is 5.20. The minimum absolute atomic E-state index is 0.110. The smallest absolute Gasteiger partial charge is 0.244 e. The predicted octanol–water partition coefficient (Wildman–Crippen LogP) is 3.55. The van der Waals surface area contributed by atoms with Crippen LogP contribution >= 0.6 is 0 Å². The van der Waals surface area contributed by atoms with Crippen LogP contribution in [0.5, 0.6) is 0 Å². The summed E-state index contributed by atoms with van der Waals surface area (Å²) in [5.41, 5.74) is 2.98. The van der Waals surface area contributed by atoms with Gasteiger partial charge < -0.3 is 15.0 Å². The first-order valence-electron chi connectivity index (χ1n) is 8.78. The number of carbonyl (C=O) groups excluding carboxylic acids is 1. The van der Waals surface area contributed by atoms with Gasteiger partial charge in [0.2, 0.25) is 5.91 Å². The molecule has 1 aliphatic heterocycles. The van der Waals surface area contributed by atoms with Crippen LogP contribution in [-0.4, -0.2) is 32.2 Å². The normalized spacial score (nSPS) is 15.8. The molecule has 4 nitrogen and oxygen atoms in total. The summed E-state index contributed by atoms with van der Waals surface area (Å²) in [6.07, 6.45) is 3.14. The van der Waals surface area contributed by atoms with Crippen molar-refractivity contribution in [3.05, 3.63) is 71.6 Å². The molecule has 0 radical (unpaired) electrons. The van der Waals surface area contributed by atoms with Crippen LogP contribution < -0.4 is 10.2 Å². The van der Waals surface area contributed by atoms with Crippen molar-refractivity contribution < 1.29 is 13.9 Å². The highest BCUT2D eigenvalue weighted by atomic mass is 19.1. The standard InChI is InChI=1S/C21H23FN2O2/c1-16(23-21(25)10-7-17-5-8-19(22)9-6-17)18-3-2-4-20(15-18)24-11-13-26-14-12-24/h2-10,15-16H,11-14H2,1H3,(H,23,25)/b10-7+/t16-/m0/s1. The zero-order valence-electron chi connectivity index (χ0n) is 14.8. The van der Waals surface area contributed by atoms with E-state index in [-0.39, 0.29) is 17.8 Å². The maximum Gasteiger partial charge on any atom is 0.244 e. The summed E-state index contributed by atoms with van der Waals surface area (Å²) in [5.74, 6) is -0.473. The number of carbonyl (C=O) groups is 1.